The fourth-order valence-corrected chi connectivity index (χ4v) is 2.48. The Labute approximate surface area is 140 Å². The summed E-state index contributed by atoms with van der Waals surface area (Å²) in [6.45, 7) is -0.186. The van der Waals surface area contributed by atoms with Gasteiger partial charge in [-0.1, -0.05) is 46.3 Å². The van der Waals surface area contributed by atoms with Crippen LogP contribution in [0.4, 0.5) is 11.6 Å². The molecule has 0 saturated carbocycles. The average Bonchev–Trinajstić information content (AvgIpc) is 2.88. The van der Waals surface area contributed by atoms with E-state index in [4.69, 9.17) is 10.5 Å². The summed E-state index contributed by atoms with van der Waals surface area (Å²) in [5.41, 5.74) is 5.86. The monoisotopic (exact) mass is 372 g/mol. The summed E-state index contributed by atoms with van der Waals surface area (Å²) in [5.74, 6) is 1.04. The molecule has 0 aliphatic rings. The van der Waals surface area contributed by atoms with E-state index in [2.05, 4.69) is 31.1 Å². The van der Waals surface area contributed by atoms with Gasteiger partial charge in [-0.3, -0.25) is 4.79 Å². The number of aromatic amines is 1. The molecule has 0 bridgehead atoms. The summed E-state index contributed by atoms with van der Waals surface area (Å²) >= 11 is 3.33. The lowest BCUT2D eigenvalue weighted by atomic mass is 10.2. The molecule has 3 rings (SSSR count). The van der Waals surface area contributed by atoms with E-state index in [9.17, 15) is 4.79 Å². The standard InChI is InChI=1S/C16H13BrN4O2/c17-10-4-3-5-11(8-10)23-9-14(22)20-21-16-13-7-2-1-6-12(13)15(18)19-16/h1-8,19H,9,18H2. The van der Waals surface area contributed by atoms with Crippen LogP contribution in [0.2, 0.25) is 0 Å². The molecule has 1 heterocycles. The molecule has 0 radical (unpaired) electrons. The molecule has 1 aromatic heterocycles. The number of aromatic nitrogens is 1. The van der Waals surface area contributed by atoms with Gasteiger partial charge in [0, 0.05) is 15.2 Å². The number of fused-ring (bicyclic) bond motifs is 1. The number of carbonyl (C=O) groups is 1. The highest BCUT2D eigenvalue weighted by atomic mass is 79.9. The fourth-order valence-electron chi connectivity index (χ4n) is 2.10. The van der Waals surface area contributed by atoms with Crippen molar-refractivity contribution in [2.45, 2.75) is 0 Å². The number of amides is 1. The van der Waals surface area contributed by atoms with Crippen molar-refractivity contribution in [1.82, 2.24) is 4.98 Å². The Hall–Kier alpha value is -2.67. The molecule has 1 amide bonds. The van der Waals surface area contributed by atoms with Crippen molar-refractivity contribution in [1.29, 1.82) is 0 Å². The summed E-state index contributed by atoms with van der Waals surface area (Å²) in [4.78, 5) is 14.7. The number of hydrogen-bond donors (Lipinski definition) is 2. The Balaban J connectivity index is 1.68. The molecule has 0 saturated heterocycles. The van der Waals surface area contributed by atoms with Crippen LogP contribution in [0.3, 0.4) is 0 Å². The number of nitrogens with two attached hydrogens (primary N) is 1. The van der Waals surface area contributed by atoms with Crippen molar-refractivity contribution in [3.8, 4) is 5.75 Å². The third kappa shape index (κ3) is 3.57. The minimum absolute atomic E-state index is 0.186. The Kier molecular flexibility index (Phi) is 4.38. The second-order valence-corrected chi connectivity index (χ2v) is 5.69. The number of nitrogen functional groups attached to an aromatic ring is 1. The number of hydrogen-bond acceptors (Lipinski definition) is 4. The Bertz CT molecular complexity index is 889. The summed E-state index contributed by atoms with van der Waals surface area (Å²) in [5, 5.41) is 9.25. The number of azo groups is 1. The average molecular weight is 373 g/mol. The Morgan fingerprint density at radius 2 is 1.96 bits per heavy atom. The minimum Gasteiger partial charge on any atom is -0.484 e. The molecule has 116 valence electrons. The van der Waals surface area contributed by atoms with Crippen LogP contribution in [0.15, 0.2) is 63.2 Å². The molecule has 0 aliphatic heterocycles. The van der Waals surface area contributed by atoms with Gasteiger partial charge in [0.25, 0.3) is 0 Å². The number of benzene rings is 2. The van der Waals surface area contributed by atoms with Crippen molar-refractivity contribution in [2.24, 2.45) is 10.2 Å². The largest absolute Gasteiger partial charge is 0.484 e. The first-order valence-electron chi connectivity index (χ1n) is 6.82. The van der Waals surface area contributed by atoms with Crippen molar-refractivity contribution in [2.75, 3.05) is 12.3 Å². The van der Waals surface area contributed by atoms with Gasteiger partial charge in [0.15, 0.2) is 12.4 Å². The summed E-state index contributed by atoms with van der Waals surface area (Å²) in [6, 6.07) is 14.7. The molecule has 0 unspecified atom stereocenters. The second-order valence-electron chi connectivity index (χ2n) is 4.77. The number of halogens is 1. The number of anilines is 1. The maximum absolute atomic E-state index is 11.8. The van der Waals surface area contributed by atoms with Crippen LogP contribution in [-0.2, 0) is 4.79 Å². The highest BCUT2D eigenvalue weighted by Gasteiger charge is 2.07. The highest BCUT2D eigenvalue weighted by Crippen LogP contribution is 2.30. The zero-order chi connectivity index (χ0) is 16.2. The number of nitrogens with zero attached hydrogens (tertiary/aromatic N) is 2. The van der Waals surface area contributed by atoms with Crippen molar-refractivity contribution >= 4 is 44.2 Å². The molecule has 2 aromatic carbocycles. The quantitative estimate of drug-likeness (QED) is 0.671. The molecule has 7 heteroatoms. The van der Waals surface area contributed by atoms with Crippen molar-refractivity contribution in [3.05, 3.63) is 53.0 Å². The Morgan fingerprint density at radius 3 is 2.74 bits per heavy atom. The van der Waals surface area contributed by atoms with Gasteiger partial charge in [-0.25, -0.2) is 0 Å². The van der Waals surface area contributed by atoms with Crippen LogP contribution in [-0.4, -0.2) is 17.5 Å². The van der Waals surface area contributed by atoms with Gasteiger partial charge in [-0.05, 0) is 18.2 Å². The normalized spacial score (nSPS) is 11.2. The first-order valence-corrected chi connectivity index (χ1v) is 7.62. The van der Waals surface area contributed by atoms with Crippen LogP contribution in [0.25, 0.3) is 10.8 Å². The zero-order valence-electron chi connectivity index (χ0n) is 12.0. The lowest BCUT2D eigenvalue weighted by Gasteiger charge is -2.02. The van der Waals surface area contributed by atoms with Crippen LogP contribution in [0.5, 0.6) is 5.75 Å². The van der Waals surface area contributed by atoms with E-state index in [1.165, 1.54) is 0 Å². The summed E-state index contributed by atoms with van der Waals surface area (Å²) < 4.78 is 6.23. The SMILES string of the molecule is Nc1[nH]c(N=NC(=O)COc2cccc(Br)c2)c2ccccc12. The van der Waals surface area contributed by atoms with Gasteiger partial charge in [-0.15, -0.1) is 10.2 Å². The zero-order valence-corrected chi connectivity index (χ0v) is 13.6. The van der Waals surface area contributed by atoms with Crippen molar-refractivity contribution < 1.29 is 9.53 Å². The predicted octanol–water partition coefficient (Wildman–Crippen LogP) is 4.20. The number of H-pyrrole nitrogens is 1. The van der Waals surface area contributed by atoms with E-state index in [0.29, 0.717) is 17.4 Å². The number of rotatable bonds is 4. The van der Waals surface area contributed by atoms with Gasteiger partial charge in [0.1, 0.15) is 11.6 Å². The molecule has 0 aliphatic carbocycles. The van der Waals surface area contributed by atoms with Crippen molar-refractivity contribution in [3.63, 3.8) is 0 Å². The second kappa shape index (κ2) is 6.62. The summed E-state index contributed by atoms with van der Waals surface area (Å²) in [7, 11) is 0. The fraction of sp³-hybridized carbons (Fsp3) is 0.0625. The van der Waals surface area contributed by atoms with Crippen LogP contribution in [0.1, 0.15) is 0 Å². The smallest absolute Gasteiger partial charge is 0.302 e. The topological polar surface area (TPSA) is 92.8 Å². The molecule has 0 atom stereocenters. The summed E-state index contributed by atoms with van der Waals surface area (Å²) in [6.07, 6.45) is 0. The highest BCUT2D eigenvalue weighted by molar-refractivity contribution is 9.10. The predicted molar refractivity (Wildman–Crippen MR) is 91.9 cm³/mol. The minimum atomic E-state index is -0.484. The maximum Gasteiger partial charge on any atom is 0.302 e. The van der Waals surface area contributed by atoms with Gasteiger partial charge in [-0.2, -0.15) is 0 Å². The third-order valence-electron chi connectivity index (χ3n) is 3.15. The van der Waals surface area contributed by atoms with E-state index < -0.39 is 5.91 Å². The number of carbonyl (C=O) groups excluding carboxylic acids is 1. The lowest BCUT2D eigenvalue weighted by Crippen LogP contribution is -2.07. The van der Waals surface area contributed by atoms with E-state index >= 15 is 0 Å². The maximum atomic E-state index is 11.8. The molecule has 0 fully saturated rings. The van der Waals surface area contributed by atoms with E-state index in [1.54, 1.807) is 12.1 Å². The third-order valence-corrected chi connectivity index (χ3v) is 3.64. The Morgan fingerprint density at radius 1 is 1.17 bits per heavy atom. The van der Waals surface area contributed by atoms with Gasteiger partial charge in [0.05, 0.1) is 0 Å². The van der Waals surface area contributed by atoms with Crippen LogP contribution in [0, 0.1) is 0 Å². The van der Waals surface area contributed by atoms with E-state index in [0.717, 1.165) is 15.2 Å². The molecular formula is C16H13BrN4O2. The molecule has 6 nitrogen and oxygen atoms in total. The number of nitrogens with one attached hydrogen (secondary N) is 1. The van der Waals surface area contributed by atoms with Gasteiger partial charge in [0.2, 0.25) is 0 Å². The van der Waals surface area contributed by atoms with E-state index in [1.807, 2.05) is 36.4 Å². The molecule has 23 heavy (non-hydrogen) atoms. The van der Waals surface area contributed by atoms with E-state index in [-0.39, 0.29) is 6.61 Å². The van der Waals surface area contributed by atoms with Gasteiger partial charge < -0.3 is 15.5 Å². The first kappa shape index (κ1) is 15.2. The molecule has 3 N–H and O–H groups in total. The molecule has 0 spiro atoms. The van der Waals surface area contributed by atoms with Crippen LogP contribution < -0.4 is 10.5 Å². The molecular weight excluding hydrogens is 360 g/mol. The lowest BCUT2D eigenvalue weighted by molar-refractivity contribution is -0.120. The first-order chi connectivity index (χ1) is 11.1. The number of ether oxygens (including phenoxy) is 1. The van der Waals surface area contributed by atoms with Crippen LogP contribution >= 0.6 is 15.9 Å². The van der Waals surface area contributed by atoms with Gasteiger partial charge >= 0.3 is 5.91 Å². The molecule has 3 aromatic rings.